The molecule has 1 aliphatic heterocycles. The molecule has 0 bridgehead atoms. The van der Waals surface area contributed by atoms with E-state index in [4.69, 9.17) is 4.42 Å². The molecule has 4 rings (SSSR count). The van der Waals surface area contributed by atoms with Crippen molar-refractivity contribution in [3.8, 4) is 11.3 Å². The second-order valence-electron chi connectivity index (χ2n) is 8.00. The predicted molar refractivity (Wildman–Crippen MR) is 115 cm³/mol. The molecular weight excluding hydrogens is 398 g/mol. The lowest BCUT2D eigenvalue weighted by atomic mass is 10.0. The highest BCUT2D eigenvalue weighted by molar-refractivity contribution is 5.76. The van der Waals surface area contributed by atoms with Gasteiger partial charge in [0, 0.05) is 44.1 Å². The number of amides is 1. The molecule has 31 heavy (non-hydrogen) atoms. The zero-order chi connectivity index (χ0) is 21.6. The largest absolute Gasteiger partial charge is 0.461 e. The SMILES string of the molecule is O=C(CCc1ccc(-c2ccccc2)o1)NC1CCN(Cc2ccc(F)c(F)c2)CC1. The van der Waals surface area contributed by atoms with Crippen LogP contribution < -0.4 is 5.32 Å². The van der Waals surface area contributed by atoms with Gasteiger partial charge in [0.15, 0.2) is 11.6 Å². The first-order valence-electron chi connectivity index (χ1n) is 10.7. The van der Waals surface area contributed by atoms with E-state index in [0.717, 1.165) is 48.6 Å². The van der Waals surface area contributed by atoms with Gasteiger partial charge >= 0.3 is 0 Å². The zero-order valence-corrected chi connectivity index (χ0v) is 17.3. The Bertz CT molecular complexity index is 1010. The number of aryl methyl sites for hydroxylation is 1. The Morgan fingerprint density at radius 3 is 2.52 bits per heavy atom. The third-order valence-corrected chi connectivity index (χ3v) is 5.66. The van der Waals surface area contributed by atoms with Crippen molar-refractivity contribution < 1.29 is 18.0 Å². The van der Waals surface area contributed by atoms with Crippen molar-refractivity contribution in [1.29, 1.82) is 0 Å². The van der Waals surface area contributed by atoms with Crippen LogP contribution in [0, 0.1) is 11.6 Å². The first-order valence-corrected chi connectivity index (χ1v) is 10.7. The topological polar surface area (TPSA) is 45.5 Å². The molecule has 0 atom stereocenters. The number of rotatable bonds is 7. The van der Waals surface area contributed by atoms with Crippen molar-refractivity contribution in [1.82, 2.24) is 10.2 Å². The van der Waals surface area contributed by atoms with Gasteiger partial charge in [-0.1, -0.05) is 36.4 Å². The Morgan fingerprint density at radius 1 is 1.00 bits per heavy atom. The van der Waals surface area contributed by atoms with E-state index in [2.05, 4.69) is 10.2 Å². The Kier molecular flexibility index (Phi) is 6.77. The smallest absolute Gasteiger partial charge is 0.220 e. The summed E-state index contributed by atoms with van der Waals surface area (Å²) in [7, 11) is 0. The van der Waals surface area contributed by atoms with E-state index < -0.39 is 11.6 Å². The van der Waals surface area contributed by atoms with Gasteiger partial charge in [0.05, 0.1) is 0 Å². The minimum atomic E-state index is -0.823. The Labute approximate surface area is 180 Å². The molecule has 0 saturated carbocycles. The number of likely N-dealkylation sites (tertiary alicyclic amines) is 1. The van der Waals surface area contributed by atoms with E-state index >= 15 is 0 Å². The number of furan rings is 1. The first kappa shape index (κ1) is 21.2. The molecule has 2 heterocycles. The fourth-order valence-electron chi connectivity index (χ4n) is 3.94. The quantitative estimate of drug-likeness (QED) is 0.585. The van der Waals surface area contributed by atoms with Gasteiger partial charge < -0.3 is 9.73 Å². The molecule has 4 nitrogen and oxygen atoms in total. The lowest BCUT2D eigenvalue weighted by Crippen LogP contribution is -2.44. The number of piperidine rings is 1. The number of carbonyl (C=O) groups excluding carboxylic acids is 1. The van der Waals surface area contributed by atoms with E-state index in [0.29, 0.717) is 19.4 Å². The molecule has 1 N–H and O–H groups in total. The van der Waals surface area contributed by atoms with Crippen LogP contribution >= 0.6 is 0 Å². The van der Waals surface area contributed by atoms with E-state index in [1.54, 1.807) is 6.07 Å². The molecule has 1 amide bonds. The minimum Gasteiger partial charge on any atom is -0.461 e. The number of benzene rings is 2. The highest BCUT2D eigenvalue weighted by Gasteiger charge is 2.21. The Hall–Kier alpha value is -2.99. The van der Waals surface area contributed by atoms with Crippen molar-refractivity contribution in [3.63, 3.8) is 0 Å². The van der Waals surface area contributed by atoms with Crippen molar-refractivity contribution in [2.24, 2.45) is 0 Å². The van der Waals surface area contributed by atoms with Crippen LogP contribution in [0.1, 0.15) is 30.6 Å². The number of halogens is 2. The van der Waals surface area contributed by atoms with Gasteiger partial charge in [-0.3, -0.25) is 9.69 Å². The summed E-state index contributed by atoms with van der Waals surface area (Å²) in [5.74, 6) is -0.000380. The summed E-state index contributed by atoms with van der Waals surface area (Å²) < 4.78 is 32.3. The molecule has 1 aromatic heterocycles. The van der Waals surface area contributed by atoms with Gasteiger partial charge in [-0.25, -0.2) is 8.78 Å². The number of nitrogens with zero attached hydrogens (tertiary/aromatic N) is 1. The molecule has 1 fully saturated rings. The molecule has 0 radical (unpaired) electrons. The van der Waals surface area contributed by atoms with E-state index in [1.807, 2.05) is 42.5 Å². The Morgan fingerprint density at radius 2 is 1.77 bits per heavy atom. The van der Waals surface area contributed by atoms with Crippen LogP contribution in [0.3, 0.4) is 0 Å². The maximum absolute atomic E-state index is 13.4. The molecule has 0 aliphatic carbocycles. The van der Waals surface area contributed by atoms with Crippen molar-refractivity contribution >= 4 is 5.91 Å². The molecule has 1 saturated heterocycles. The summed E-state index contributed by atoms with van der Waals surface area (Å²) in [6, 6.07) is 17.9. The van der Waals surface area contributed by atoms with Crippen molar-refractivity contribution in [2.75, 3.05) is 13.1 Å². The average Bonchev–Trinajstić information content (AvgIpc) is 3.26. The van der Waals surface area contributed by atoms with E-state index in [-0.39, 0.29) is 11.9 Å². The number of hydrogen-bond donors (Lipinski definition) is 1. The molecule has 2 aromatic carbocycles. The lowest BCUT2D eigenvalue weighted by molar-refractivity contribution is -0.122. The fourth-order valence-corrected chi connectivity index (χ4v) is 3.94. The van der Waals surface area contributed by atoms with Gasteiger partial charge in [0.2, 0.25) is 5.91 Å². The van der Waals surface area contributed by atoms with Gasteiger partial charge in [0.1, 0.15) is 11.5 Å². The van der Waals surface area contributed by atoms with Gasteiger partial charge in [-0.2, -0.15) is 0 Å². The monoisotopic (exact) mass is 424 g/mol. The lowest BCUT2D eigenvalue weighted by Gasteiger charge is -2.32. The third kappa shape index (κ3) is 5.79. The van der Waals surface area contributed by atoms with Crippen LogP contribution in [0.2, 0.25) is 0 Å². The van der Waals surface area contributed by atoms with E-state index in [1.165, 1.54) is 12.1 Å². The summed E-state index contributed by atoms with van der Waals surface area (Å²) >= 11 is 0. The molecule has 162 valence electrons. The maximum Gasteiger partial charge on any atom is 0.220 e. The molecule has 1 aliphatic rings. The molecular formula is C25H26F2N2O2. The maximum atomic E-state index is 13.4. The van der Waals surface area contributed by atoms with E-state index in [9.17, 15) is 13.6 Å². The standard InChI is InChI=1S/C25H26F2N2O2/c26-22-9-6-18(16-23(22)27)17-29-14-12-20(13-15-29)28-25(30)11-8-21-7-10-24(31-21)19-4-2-1-3-5-19/h1-7,9-10,16,20H,8,11-15,17H2,(H,28,30). The van der Waals surface area contributed by atoms with Gasteiger partial charge in [-0.05, 0) is 42.7 Å². The second kappa shape index (κ2) is 9.88. The highest BCUT2D eigenvalue weighted by Crippen LogP contribution is 2.22. The molecule has 0 spiro atoms. The normalized spacial score (nSPS) is 15.2. The summed E-state index contributed by atoms with van der Waals surface area (Å²) in [4.78, 5) is 14.6. The number of hydrogen-bond acceptors (Lipinski definition) is 3. The van der Waals surface area contributed by atoms with Crippen molar-refractivity contribution in [3.05, 3.63) is 83.6 Å². The Balaban J connectivity index is 1.19. The first-order chi connectivity index (χ1) is 15.1. The van der Waals surface area contributed by atoms with Crippen LogP contribution in [0.4, 0.5) is 8.78 Å². The molecule has 3 aromatic rings. The van der Waals surface area contributed by atoms with Crippen LogP contribution in [0.15, 0.2) is 65.1 Å². The van der Waals surface area contributed by atoms with Crippen LogP contribution in [-0.2, 0) is 17.8 Å². The zero-order valence-electron chi connectivity index (χ0n) is 17.3. The minimum absolute atomic E-state index is 0.0247. The van der Waals surface area contributed by atoms with Crippen LogP contribution in [-0.4, -0.2) is 29.9 Å². The average molecular weight is 424 g/mol. The molecule has 0 unspecified atom stereocenters. The predicted octanol–water partition coefficient (Wildman–Crippen LogP) is 4.94. The summed E-state index contributed by atoms with van der Waals surface area (Å²) in [6.07, 6.45) is 2.63. The summed E-state index contributed by atoms with van der Waals surface area (Å²) in [5.41, 5.74) is 1.78. The fraction of sp³-hybridized carbons (Fsp3) is 0.320. The van der Waals surface area contributed by atoms with Gasteiger partial charge in [0.25, 0.3) is 0 Å². The summed E-state index contributed by atoms with van der Waals surface area (Å²) in [5, 5.41) is 3.11. The van der Waals surface area contributed by atoms with Gasteiger partial charge in [-0.15, -0.1) is 0 Å². The summed E-state index contributed by atoms with van der Waals surface area (Å²) in [6.45, 7) is 2.20. The molecule has 6 heteroatoms. The third-order valence-electron chi connectivity index (χ3n) is 5.66. The van der Waals surface area contributed by atoms with Crippen LogP contribution in [0.25, 0.3) is 11.3 Å². The van der Waals surface area contributed by atoms with Crippen molar-refractivity contribution in [2.45, 2.75) is 38.3 Å². The number of carbonyl (C=O) groups is 1. The second-order valence-corrected chi connectivity index (χ2v) is 8.00. The van der Waals surface area contributed by atoms with Crippen LogP contribution in [0.5, 0.6) is 0 Å². The number of nitrogens with one attached hydrogen (secondary N) is 1. The highest BCUT2D eigenvalue weighted by atomic mass is 19.2.